The van der Waals surface area contributed by atoms with Gasteiger partial charge in [-0.05, 0) is 30.7 Å². The molecule has 0 radical (unpaired) electrons. The van der Waals surface area contributed by atoms with E-state index in [1.165, 1.54) is 12.1 Å². The summed E-state index contributed by atoms with van der Waals surface area (Å²) < 4.78 is 105. The normalized spacial score (nSPS) is 17.9. The van der Waals surface area contributed by atoms with Gasteiger partial charge in [0.05, 0.1) is 0 Å². The lowest BCUT2D eigenvalue weighted by Crippen LogP contribution is -2.21. The van der Waals surface area contributed by atoms with Gasteiger partial charge in [-0.3, -0.25) is 4.98 Å². The predicted molar refractivity (Wildman–Crippen MR) is 107 cm³/mol. The number of hydrogen-bond donors (Lipinski definition) is 2. The molecule has 1 aliphatic carbocycles. The topological polar surface area (TPSA) is 88.5 Å². The predicted octanol–water partition coefficient (Wildman–Crippen LogP) is 5.71. The number of nitrogens with zero attached hydrogens (tertiary/aromatic N) is 5. The van der Waals surface area contributed by atoms with Gasteiger partial charge in [0.15, 0.2) is 5.82 Å². The van der Waals surface area contributed by atoms with Gasteiger partial charge in [-0.25, -0.2) is 13.8 Å². The van der Waals surface area contributed by atoms with Gasteiger partial charge in [-0.1, -0.05) is 6.07 Å². The zero-order valence-corrected chi connectivity index (χ0v) is 17.4. The molecule has 0 aliphatic heterocycles. The molecule has 3 heterocycles. The second-order valence-corrected chi connectivity index (χ2v) is 7.70. The van der Waals surface area contributed by atoms with E-state index >= 15 is 0 Å². The Bertz CT molecular complexity index is 1210. The monoisotopic (exact) mass is 505 g/mol. The van der Waals surface area contributed by atoms with Gasteiger partial charge in [0.1, 0.15) is 17.1 Å². The zero-order chi connectivity index (χ0) is 25.4. The number of anilines is 3. The van der Waals surface area contributed by atoms with Crippen LogP contribution in [0.2, 0.25) is 0 Å². The number of halogens is 8. The first-order valence-electron chi connectivity index (χ1n) is 10.0. The van der Waals surface area contributed by atoms with Crippen LogP contribution < -0.4 is 10.6 Å². The zero-order valence-electron chi connectivity index (χ0n) is 17.4. The van der Waals surface area contributed by atoms with Crippen LogP contribution in [0.1, 0.15) is 30.7 Å². The maximum Gasteiger partial charge on any atom is 0.433 e. The minimum absolute atomic E-state index is 0.0812. The molecule has 4 rings (SSSR count). The first-order chi connectivity index (χ1) is 16.3. The van der Waals surface area contributed by atoms with E-state index in [0.717, 1.165) is 18.3 Å². The van der Waals surface area contributed by atoms with Crippen LogP contribution in [0.3, 0.4) is 0 Å². The molecule has 0 unspecified atom stereocenters. The highest BCUT2D eigenvalue weighted by Crippen LogP contribution is 2.36. The first kappa shape index (κ1) is 24.5. The van der Waals surface area contributed by atoms with Crippen LogP contribution in [0, 0.1) is 0 Å². The van der Waals surface area contributed by atoms with E-state index in [1.54, 1.807) is 0 Å². The number of pyridine rings is 2. The summed E-state index contributed by atoms with van der Waals surface area (Å²) in [7, 11) is 0. The fraction of sp³-hybridized carbons (Fsp3) is 0.350. The number of rotatable bonds is 5. The maximum atomic E-state index is 13.6. The number of alkyl halides is 8. The second kappa shape index (κ2) is 8.85. The molecule has 0 bridgehead atoms. The molecule has 1 aliphatic rings. The third kappa shape index (κ3) is 6.08. The Morgan fingerprint density at radius 1 is 0.857 bits per heavy atom. The van der Waals surface area contributed by atoms with Crippen molar-refractivity contribution in [3.05, 3.63) is 47.9 Å². The molecular formula is C20H15F8N7. The molecule has 3 aromatic rings. The first-order valence-corrected chi connectivity index (χ1v) is 10.0. The third-order valence-corrected chi connectivity index (χ3v) is 4.95. The van der Waals surface area contributed by atoms with Crippen LogP contribution in [0.5, 0.6) is 0 Å². The number of nitrogens with one attached hydrogen (secondary N) is 2. The molecule has 1 fully saturated rings. The lowest BCUT2D eigenvalue weighted by atomic mass is 10.2. The molecule has 0 amide bonds. The van der Waals surface area contributed by atoms with Crippen LogP contribution in [-0.2, 0) is 12.4 Å². The van der Waals surface area contributed by atoms with Gasteiger partial charge >= 0.3 is 12.4 Å². The summed E-state index contributed by atoms with van der Waals surface area (Å²) in [4.78, 5) is 18.7. The summed E-state index contributed by atoms with van der Waals surface area (Å²) in [5.41, 5.74) is -2.86. The van der Waals surface area contributed by atoms with E-state index < -0.39 is 42.1 Å². The highest BCUT2D eigenvalue weighted by atomic mass is 19.4. The smallest absolute Gasteiger partial charge is 0.351 e. The Labute approximate surface area is 192 Å². The molecule has 7 nitrogen and oxygen atoms in total. The molecule has 1 atom stereocenters. The maximum absolute atomic E-state index is 13.6. The van der Waals surface area contributed by atoms with Gasteiger partial charge in [0.25, 0.3) is 0 Å². The summed E-state index contributed by atoms with van der Waals surface area (Å²) in [5.74, 6) is -3.86. The summed E-state index contributed by atoms with van der Waals surface area (Å²) in [6, 6.07) is 4.13. The Balaban J connectivity index is 1.71. The van der Waals surface area contributed by atoms with E-state index in [1.807, 2.05) is 0 Å². The van der Waals surface area contributed by atoms with Crippen LogP contribution in [0.15, 0.2) is 36.5 Å². The highest BCUT2D eigenvalue weighted by Gasteiger charge is 2.40. The van der Waals surface area contributed by atoms with Gasteiger partial charge < -0.3 is 10.6 Å². The number of aromatic nitrogens is 5. The van der Waals surface area contributed by atoms with Crippen molar-refractivity contribution in [2.24, 2.45) is 0 Å². The molecule has 0 aromatic carbocycles. The van der Waals surface area contributed by atoms with Crippen molar-refractivity contribution >= 4 is 17.6 Å². The average Bonchev–Trinajstić information content (AvgIpc) is 3.10. The molecule has 0 spiro atoms. The van der Waals surface area contributed by atoms with Crippen molar-refractivity contribution in [2.75, 3.05) is 10.6 Å². The second-order valence-electron chi connectivity index (χ2n) is 7.70. The molecule has 2 N–H and O–H groups in total. The van der Waals surface area contributed by atoms with E-state index in [9.17, 15) is 35.1 Å². The van der Waals surface area contributed by atoms with E-state index in [0.29, 0.717) is 6.07 Å². The fourth-order valence-electron chi connectivity index (χ4n) is 3.38. The molecule has 15 heteroatoms. The third-order valence-electron chi connectivity index (χ3n) is 4.95. The van der Waals surface area contributed by atoms with Crippen molar-refractivity contribution in [3.63, 3.8) is 0 Å². The van der Waals surface area contributed by atoms with E-state index in [4.69, 9.17) is 0 Å². The average molecular weight is 505 g/mol. The van der Waals surface area contributed by atoms with Gasteiger partial charge in [0, 0.05) is 30.8 Å². The summed E-state index contributed by atoms with van der Waals surface area (Å²) in [6.07, 6.45) is -9.41. The van der Waals surface area contributed by atoms with Gasteiger partial charge in [-0.15, -0.1) is 0 Å². The van der Waals surface area contributed by atoms with Gasteiger partial charge in [-0.2, -0.15) is 41.3 Å². The molecule has 186 valence electrons. The largest absolute Gasteiger partial charge is 0.433 e. The summed E-state index contributed by atoms with van der Waals surface area (Å²) in [5, 5.41) is 5.20. The molecule has 35 heavy (non-hydrogen) atoms. The van der Waals surface area contributed by atoms with Gasteiger partial charge in [0.2, 0.25) is 17.8 Å². The van der Waals surface area contributed by atoms with Crippen molar-refractivity contribution in [1.82, 2.24) is 24.9 Å². The van der Waals surface area contributed by atoms with Crippen molar-refractivity contribution < 1.29 is 35.1 Å². The van der Waals surface area contributed by atoms with Crippen molar-refractivity contribution in [2.45, 2.75) is 43.6 Å². The van der Waals surface area contributed by atoms with Crippen LogP contribution in [0.25, 0.3) is 11.5 Å². The Hall–Kier alpha value is -3.65. The molecule has 3 aromatic heterocycles. The van der Waals surface area contributed by atoms with Crippen molar-refractivity contribution in [1.29, 1.82) is 0 Å². The fourth-order valence-corrected chi connectivity index (χ4v) is 3.38. The van der Waals surface area contributed by atoms with Crippen LogP contribution in [-0.4, -0.2) is 36.9 Å². The SMILES string of the molecule is FC1(F)CC[C@@H](Nc2nc(Nc3ccnc(C(F)(F)F)c3)nc(-c3cccc(C(F)(F)F)n3)n2)C1. The minimum atomic E-state index is -4.76. The molecular weight excluding hydrogens is 490 g/mol. The Morgan fingerprint density at radius 2 is 1.57 bits per heavy atom. The summed E-state index contributed by atoms with van der Waals surface area (Å²) >= 11 is 0. The Kier molecular flexibility index (Phi) is 6.19. The van der Waals surface area contributed by atoms with E-state index in [2.05, 4.69) is 35.6 Å². The molecule has 1 saturated carbocycles. The lowest BCUT2D eigenvalue weighted by molar-refractivity contribution is -0.141. The standard InChI is InChI=1S/C20H15F8N7/c21-18(22)6-4-11(9-18)31-17-34-15(12-2-1-3-13(32-12)19(23,24)25)33-16(35-17)30-10-5-7-29-14(8-10)20(26,27)28/h1-3,5,7-8,11H,4,6,9H2,(H2,29,30,31,33,34,35)/t11-/m1/s1. The van der Waals surface area contributed by atoms with Crippen molar-refractivity contribution in [3.8, 4) is 11.5 Å². The van der Waals surface area contributed by atoms with Crippen LogP contribution >= 0.6 is 0 Å². The quantitative estimate of drug-likeness (QED) is 0.430. The van der Waals surface area contributed by atoms with E-state index in [-0.39, 0.29) is 41.9 Å². The van der Waals surface area contributed by atoms with Crippen LogP contribution in [0.4, 0.5) is 52.7 Å². The lowest BCUT2D eigenvalue weighted by Gasteiger charge is -2.15. The Morgan fingerprint density at radius 3 is 2.23 bits per heavy atom. The highest BCUT2D eigenvalue weighted by molar-refractivity contribution is 5.59. The number of hydrogen-bond acceptors (Lipinski definition) is 7. The molecule has 0 saturated heterocycles. The summed E-state index contributed by atoms with van der Waals surface area (Å²) in [6.45, 7) is 0. The minimum Gasteiger partial charge on any atom is -0.351 e.